The second kappa shape index (κ2) is 4.50. The summed E-state index contributed by atoms with van der Waals surface area (Å²) in [7, 11) is 0. The molecule has 0 bridgehead atoms. The monoisotopic (exact) mass is 317 g/mol. The van der Waals surface area contributed by atoms with Gasteiger partial charge in [-0.15, -0.1) is 13.2 Å². The van der Waals surface area contributed by atoms with Crippen molar-refractivity contribution in [2.75, 3.05) is 5.73 Å². The smallest absolute Gasteiger partial charge is 0.404 e. The number of anilines is 1. The quantitative estimate of drug-likeness (QED) is 0.672. The van der Waals surface area contributed by atoms with E-state index in [0.717, 1.165) is 12.1 Å². The molecule has 0 radical (unpaired) electrons. The van der Waals surface area contributed by atoms with Crippen LogP contribution in [0.5, 0.6) is 5.75 Å². The van der Waals surface area contributed by atoms with Crippen LogP contribution in [-0.4, -0.2) is 11.6 Å². The third-order valence-corrected chi connectivity index (χ3v) is 2.52. The zero-order valence-corrected chi connectivity index (χ0v) is 9.78. The fourth-order valence-corrected chi connectivity index (χ4v) is 1.71. The summed E-state index contributed by atoms with van der Waals surface area (Å²) in [6.07, 6.45) is -4.87. The zero-order chi connectivity index (χ0) is 12.5. The third-order valence-electron chi connectivity index (χ3n) is 1.50. The van der Waals surface area contributed by atoms with Crippen molar-refractivity contribution in [1.29, 1.82) is 0 Å². The Morgan fingerprint density at radius 1 is 1.44 bits per heavy atom. The van der Waals surface area contributed by atoms with Gasteiger partial charge in [0.05, 0.1) is 10.0 Å². The van der Waals surface area contributed by atoms with E-state index >= 15 is 0 Å². The number of alkyl halides is 3. The average molecular weight is 318 g/mol. The molecule has 3 nitrogen and oxygen atoms in total. The van der Waals surface area contributed by atoms with E-state index in [9.17, 15) is 18.0 Å². The topological polar surface area (TPSA) is 52.3 Å². The molecule has 0 aliphatic rings. The fourth-order valence-electron chi connectivity index (χ4n) is 0.961. The molecule has 0 aliphatic heterocycles. The lowest BCUT2D eigenvalue weighted by Crippen LogP contribution is -2.18. The van der Waals surface area contributed by atoms with Gasteiger partial charge in [-0.25, -0.2) is 0 Å². The Kier molecular flexibility index (Phi) is 3.69. The molecule has 8 heteroatoms. The first kappa shape index (κ1) is 13.1. The Hall–Kier alpha value is -0.950. The highest BCUT2D eigenvalue weighted by atomic mass is 79.9. The highest BCUT2D eigenvalue weighted by molar-refractivity contribution is 9.10. The Morgan fingerprint density at radius 2 is 2.00 bits per heavy atom. The Balaban J connectivity index is 3.25. The number of hydrogen-bond donors (Lipinski definition) is 1. The van der Waals surface area contributed by atoms with Gasteiger partial charge in [0.2, 0.25) is 0 Å². The molecule has 0 fully saturated rings. The summed E-state index contributed by atoms with van der Waals surface area (Å²) in [5.41, 5.74) is 5.05. The summed E-state index contributed by atoms with van der Waals surface area (Å²) in [5.74, 6) is -0.614. The second-order valence-electron chi connectivity index (χ2n) is 2.70. The number of benzene rings is 1. The summed E-state index contributed by atoms with van der Waals surface area (Å²) in [5, 5.41) is -0.939. The van der Waals surface area contributed by atoms with Crippen molar-refractivity contribution in [2.24, 2.45) is 0 Å². The molecule has 1 aromatic rings. The van der Waals surface area contributed by atoms with Crippen molar-refractivity contribution in [3.8, 4) is 5.75 Å². The molecule has 1 aromatic carbocycles. The molecule has 2 N–H and O–H groups in total. The van der Waals surface area contributed by atoms with Crippen LogP contribution in [0.1, 0.15) is 10.4 Å². The Bertz CT molecular complexity index is 436. The van der Waals surface area contributed by atoms with Crippen LogP contribution < -0.4 is 10.5 Å². The Labute approximate surface area is 101 Å². The predicted octanol–water partition coefficient (Wildman–Crippen LogP) is 3.31. The van der Waals surface area contributed by atoms with Crippen molar-refractivity contribution < 1.29 is 22.7 Å². The maximum Gasteiger partial charge on any atom is 0.573 e. The molecule has 88 valence electrons. The van der Waals surface area contributed by atoms with E-state index in [2.05, 4.69) is 20.7 Å². The molecule has 0 amide bonds. The zero-order valence-electron chi connectivity index (χ0n) is 7.44. The van der Waals surface area contributed by atoms with Gasteiger partial charge in [-0.05, 0) is 33.6 Å². The first-order valence-corrected chi connectivity index (χ1v) is 4.92. The highest BCUT2D eigenvalue weighted by Gasteiger charge is 2.32. The number of nitrogen functional groups attached to an aromatic ring is 1. The van der Waals surface area contributed by atoms with Crippen LogP contribution in [0.3, 0.4) is 0 Å². The van der Waals surface area contributed by atoms with Gasteiger partial charge in [0, 0.05) is 11.8 Å². The van der Waals surface area contributed by atoms with Crippen molar-refractivity contribution in [2.45, 2.75) is 6.36 Å². The average Bonchev–Trinajstić information content (AvgIpc) is 2.07. The van der Waals surface area contributed by atoms with Gasteiger partial charge < -0.3 is 10.5 Å². The van der Waals surface area contributed by atoms with Gasteiger partial charge >= 0.3 is 6.36 Å². The molecule has 1 rings (SSSR count). The minimum absolute atomic E-state index is 0.0635. The van der Waals surface area contributed by atoms with Crippen molar-refractivity contribution in [3.63, 3.8) is 0 Å². The van der Waals surface area contributed by atoms with Gasteiger partial charge in [0.15, 0.2) is 0 Å². The molecule has 0 spiro atoms. The van der Waals surface area contributed by atoms with Crippen LogP contribution in [0.2, 0.25) is 0 Å². The summed E-state index contributed by atoms with van der Waals surface area (Å²) in [4.78, 5) is 10.9. The summed E-state index contributed by atoms with van der Waals surface area (Å²) in [6.45, 7) is 0. The molecule has 0 saturated heterocycles. The fraction of sp³-hybridized carbons (Fsp3) is 0.125. The SMILES string of the molecule is Nc1cc(OC(F)(F)F)c(Br)c(C(=O)Cl)c1. The lowest BCUT2D eigenvalue weighted by Gasteiger charge is -2.12. The van der Waals surface area contributed by atoms with Crippen LogP contribution in [-0.2, 0) is 0 Å². The normalized spacial score (nSPS) is 11.3. The standard InChI is InChI=1S/C8H4BrClF3NO2/c9-6-4(7(10)15)1-3(14)2-5(6)16-8(11,12)13/h1-2H,14H2. The molecular formula is C8H4BrClF3NO2. The van der Waals surface area contributed by atoms with Crippen molar-refractivity contribution in [1.82, 2.24) is 0 Å². The van der Waals surface area contributed by atoms with E-state index in [1.54, 1.807) is 0 Å². The van der Waals surface area contributed by atoms with E-state index in [4.69, 9.17) is 17.3 Å². The second-order valence-corrected chi connectivity index (χ2v) is 3.84. The van der Waals surface area contributed by atoms with Crippen LogP contribution >= 0.6 is 27.5 Å². The number of carbonyl (C=O) groups excluding carboxylic acids is 1. The number of hydrogen-bond acceptors (Lipinski definition) is 3. The van der Waals surface area contributed by atoms with Crippen LogP contribution in [0.25, 0.3) is 0 Å². The Morgan fingerprint density at radius 3 is 2.44 bits per heavy atom. The number of ether oxygens (including phenoxy) is 1. The molecule has 0 heterocycles. The molecule has 0 unspecified atom stereocenters. The van der Waals surface area contributed by atoms with Crippen LogP contribution in [0.4, 0.5) is 18.9 Å². The molecule has 0 aliphatic carbocycles. The van der Waals surface area contributed by atoms with Crippen LogP contribution in [0.15, 0.2) is 16.6 Å². The van der Waals surface area contributed by atoms with Crippen molar-refractivity contribution in [3.05, 3.63) is 22.2 Å². The first-order chi connectivity index (χ1) is 7.20. The van der Waals surface area contributed by atoms with Crippen molar-refractivity contribution >= 4 is 38.5 Å². The maximum absolute atomic E-state index is 12.0. The van der Waals surface area contributed by atoms with Crippen LogP contribution in [0, 0.1) is 0 Å². The predicted molar refractivity (Wildman–Crippen MR) is 55.4 cm³/mol. The molecular weight excluding hydrogens is 314 g/mol. The van der Waals surface area contributed by atoms with E-state index in [-0.39, 0.29) is 15.7 Å². The summed E-state index contributed by atoms with van der Waals surface area (Å²) >= 11 is 7.95. The van der Waals surface area contributed by atoms with E-state index in [0.29, 0.717) is 0 Å². The number of rotatable bonds is 2. The molecule has 0 saturated carbocycles. The van der Waals surface area contributed by atoms with E-state index in [1.807, 2.05) is 0 Å². The minimum Gasteiger partial charge on any atom is -0.404 e. The van der Waals surface area contributed by atoms with Gasteiger partial charge in [-0.3, -0.25) is 4.79 Å². The summed E-state index contributed by atoms with van der Waals surface area (Å²) in [6, 6.07) is 2.07. The van der Waals surface area contributed by atoms with E-state index in [1.165, 1.54) is 0 Å². The molecule has 0 aromatic heterocycles. The van der Waals surface area contributed by atoms with E-state index < -0.39 is 17.4 Å². The maximum atomic E-state index is 12.0. The highest BCUT2D eigenvalue weighted by Crippen LogP contribution is 2.35. The minimum atomic E-state index is -4.87. The van der Waals surface area contributed by atoms with Gasteiger partial charge in [0.1, 0.15) is 5.75 Å². The molecule has 0 atom stereocenters. The summed E-state index contributed by atoms with van der Waals surface area (Å²) < 4.78 is 39.4. The lowest BCUT2D eigenvalue weighted by atomic mass is 10.2. The lowest BCUT2D eigenvalue weighted by molar-refractivity contribution is -0.274. The van der Waals surface area contributed by atoms with Gasteiger partial charge in [-0.1, -0.05) is 0 Å². The largest absolute Gasteiger partial charge is 0.573 e. The third kappa shape index (κ3) is 3.28. The van der Waals surface area contributed by atoms with Gasteiger partial charge in [-0.2, -0.15) is 0 Å². The molecule has 16 heavy (non-hydrogen) atoms. The van der Waals surface area contributed by atoms with Gasteiger partial charge in [0.25, 0.3) is 5.24 Å². The number of halogens is 5. The number of carbonyl (C=O) groups is 1. The number of nitrogens with two attached hydrogens (primary N) is 1. The first-order valence-electron chi connectivity index (χ1n) is 3.75.